The fraction of sp³-hybridized carbons (Fsp3) is 0.500. The van der Waals surface area contributed by atoms with Crippen LogP contribution >= 0.6 is 0 Å². The second kappa shape index (κ2) is 12.5. The summed E-state index contributed by atoms with van der Waals surface area (Å²) in [6, 6.07) is 26.0. The van der Waals surface area contributed by atoms with Crippen LogP contribution in [0.1, 0.15) is 41.5 Å². The van der Waals surface area contributed by atoms with Gasteiger partial charge in [-0.15, -0.1) is 0 Å². The van der Waals surface area contributed by atoms with Crippen LogP contribution in [0.4, 0.5) is 0 Å². The molecule has 0 aliphatic carbocycles. The van der Waals surface area contributed by atoms with Gasteiger partial charge in [0.1, 0.15) is 0 Å². The van der Waals surface area contributed by atoms with Crippen molar-refractivity contribution in [1.82, 2.24) is 0 Å². The summed E-state index contributed by atoms with van der Waals surface area (Å²) in [5, 5.41) is 0. The fourth-order valence-corrected chi connectivity index (χ4v) is 27.7. The molecule has 0 atom stereocenters. The van der Waals surface area contributed by atoms with Crippen molar-refractivity contribution in [2.75, 3.05) is 0 Å². The molecule has 31 heavy (non-hydrogen) atoms. The predicted molar refractivity (Wildman–Crippen MR) is 131 cm³/mol. The Morgan fingerprint density at radius 2 is 0.806 bits per heavy atom. The van der Waals surface area contributed by atoms with Crippen molar-refractivity contribution in [2.45, 2.75) is 77.8 Å². The quantitative estimate of drug-likeness (QED) is 0.228. The van der Waals surface area contributed by atoms with Gasteiger partial charge in [0.2, 0.25) is 0 Å². The standard InChI is InChI=1S/2C6H15OSi.2C6H6O.Zr/c2*1-4-8(7,5-2)6-3;2*7-6-4-2-1-3-5-6;/h2*4-6H2,1-3H3;2*1-5,7H;/q2*-1;;;+4/p-2. The van der Waals surface area contributed by atoms with Gasteiger partial charge in [-0.05, 0) is 0 Å². The molecule has 2 rings (SSSR count). The molecular formula is C24H40O4Si2Zr. The Morgan fingerprint density at radius 1 is 0.516 bits per heavy atom. The van der Waals surface area contributed by atoms with Crippen molar-refractivity contribution in [2.24, 2.45) is 0 Å². The van der Waals surface area contributed by atoms with Gasteiger partial charge in [-0.1, -0.05) is 0 Å². The molecule has 0 fully saturated rings. The van der Waals surface area contributed by atoms with E-state index in [0.717, 1.165) is 47.8 Å². The van der Waals surface area contributed by atoms with Gasteiger partial charge >= 0.3 is 199 Å². The molecule has 7 heteroatoms. The SMILES string of the molecule is CC[Si](CC)(CC)[O][Zr]([O]c1ccccc1)([O]c1ccccc1)[O][Si](CC)(CC)CC. The molecule has 0 heterocycles. The minimum absolute atomic E-state index is 0.770. The Morgan fingerprint density at radius 3 is 1.06 bits per heavy atom. The first kappa shape index (κ1) is 26.5. The Kier molecular flexibility index (Phi) is 10.7. The Labute approximate surface area is 198 Å². The van der Waals surface area contributed by atoms with Gasteiger partial charge in [-0.2, -0.15) is 0 Å². The van der Waals surface area contributed by atoms with Crippen LogP contribution in [0.5, 0.6) is 11.5 Å². The summed E-state index contributed by atoms with van der Waals surface area (Å²) in [4.78, 5) is 0. The maximum absolute atomic E-state index is 7.16. The van der Waals surface area contributed by atoms with Gasteiger partial charge in [-0.25, -0.2) is 0 Å². The molecule has 0 aromatic heterocycles. The van der Waals surface area contributed by atoms with E-state index in [1.807, 2.05) is 60.7 Å². The molecule has 0 N–H and O–H groups in total. The van der Waals surface area contributed by atoms with Gasteiger partial charge in [0.25, 0.3) is 0 Å². The molecule has 0 saturated heterocycles. The Bertz CT molecular complexity index is 671. The second-order valence-electron chi connectivity index (χ2n) is 8.02. The summed E-state index contributed by atoms with van der Waals surface area (Å²) in [5.74, 6) is 1.54. The first-order valence-corrected chi connectivity index (χ1v) is 20.9. The average molecular weight is 540 g/mol. The van der Waals surface area contributed by atoms with E-state index in [0.29, 0.717) is 0 Å². The number of rotatable bonds is 14. The average Bonchev–Trinajstić information content (AvgIpc) is 2.82. The fourth-order valence-electron chi connectivity index (χ4n) is 3.85. The maximum atomic E-state index is 7.16. The van der Waals surface area contributed by atoms with Crippen LogP contribution in [0.25, 0.3) is 0 Å². The summed E-state index contributed by atoms with van der Waals surface area (Å²) in [6.45, 7) is 13.4. The molecule has 0 bridgehead atoms. The summed E-state index contributed by atoms with van der Waals surface area (Å²) in [7, 11) is -4.12. The van der Waals surface area contributed by atoms with E-state index in [-0.39, 0.29) is 0 Å². The second-order valence-corrected chi connectivity index (χ2v) is 23.9. The predicted octanol–water partition coefficient (Wildman–Crippen LogP) is 8.00. The van der Waals surface area contributed by atoms with Gasteiger partial charge < -0.3 is 0 Å². The summed E-state index contributed by atoms with van der Waals surface area (Å²) in [6.07, 6.45) is 0. The van der Waals surface area contributed by atoms with Crippen LogP contribution in [-0.4, -0.2) is 16.6 Å². The molecule has 0 aliphatic rings. The van der Waals surface area contributed by atoms with Crippen LogP contribution in [0, 0.1) is 0 Å². The summed E-state index contributed by atoms with van der Waals surface area (Å²) in [5.41, 5.74) is 0. The van der Waals surface area contributed by atoms with Crippen molar-refractivity contribution in [1.29, 1.82) is 0 Å². The number of benzene rings is 2. The number of hydrogen-bond donors (Lipinski definition) is 0. The third kappa shape index (κ3) is 7.13. The van der Waals surface area contributed by atoms with Crippen molar-refractivity contribution in [3.8, 4) is 11.5 Å². The van der Waals surface area contributed by atoms with Crippen LogP contribution in [0.3, 0.4) is 0 Å². The molecule has 2 aromatic carbocycles. The molecule has 0 spiro atoms. The molecular weight excluding hydrogens is 500 g/mol. The van der Waals surface area contributed by atoms with Gasteiger partial charge in [0.15, 0.2) is 0 Å². The monoisotopic (exact) mass is 538 g/mol. The van der Waals surface area contributed by atoms with Gasteiger partial charge in [0.05, 0.1) is 0 Å². The Balaban J connectivity index is 2.61. The van der Waals surface area contributed by atoms with Crippen molar-refractivity contribution in [3.05, 3.63) is 60.7 Å². The molecule has 4 nitrogen and oxygen atoms in total. The van der Waals surface area contributed by atoms with Crippen molar-refractivity contribution in [3.63, 3.8) is 0 Å². The zero-order valence-corrected chi connectivity index (χ0v) is 24.6. The number of hydrogen-bond acceptors (Lipinski definition) is 4. The van der Waals surface area contributed by atoms with E-state index in [9.17, 15) is 0 Å². The molecule has 0 radical (unpaired) electrons. The van der Waals surface area contributed by atoms with Crippen LogP contribution in [0.2, 0.25) is 36.3 Å². The van der Waals surface area contributed by atoms with Gasteiger partial charge in [-0.3, -0.25) is 0 Å². The molecule has 0 amide bonds. The van der Waals surface area contributed by atoms with Crippen LogP contribution in [-0.2, 0) is 27.0 Å². The molecule has 2 aromatic rings. The zero-order chi connectivity index (χ0) is 22.8. The third-order valence-electron chi connectivity index (χ3n) is 6.52. The first-order chi connectivity index (χ1) is 14.9. The normalized spacial score (nSPS) is 12.6. The molecule has 0 aliphatic heterocycles. The van der Waals surface area contributed by atoms with Gasteiger partial charge in [0, 0.05) is 0 Å². The van der Waals surface area contributed by atoms with E-state index >= 15 is 0 Å². The van der Waals surface area contributed by atoms with E-state index in [2.05, 4.69) is 41.5 Å². The van der Waals surface area contributed by atoms with E-state index in [1.54, 1.807) is 0 Å². The molecule has 172 valence electrons. The van der Waals surface area contributed by atoms with E-state index in [4.69, 9.17) is 10.6 Å². The molecule has 0 saturated carbocycles. The summed E-state index contributed by atoms with van der Waals surface area (Å²) < 4.78 is 27.8. The Hall–Kier alpha value is -0.723. The van der Waals surface area contributed by atoms with E-state index < -0.39 is 38.7 Å². The third-order valence-corrected chi connectivity index (χ3v) is 28.1. The van der Waals surface area contributed by atoms with Crippen molar-refractivity contribution < 1.29 is 32.7 Å². The number of para-hydroxylation sites is 2. The first-order valence-electron chi connectivity index (χ1n) is 11.8. The summed E-state index contributed by atoms with van der Waals surface area (Å²) >= 11 is -4.55. The van der Waals surface area contributed by atoms with Crippen LogP contribution in [0.15, 0.2) is 60.7 Å². The topological polar surface area (TPSA) is 36.9 Å². The van der Waals surface area contributed by atoms with Crippen LogP contribution < -0.4 is 5.63 Å². The molecule has 0 unspecified atom stereocenters. The zero-order valence-electron chi connectivity index (χ0n) is 20.1. The van der Waals surface area contributed by atoms with E-state index in [1.165, 1.54) is 0 Å². The van der Waals surface area contributed by atoms with Crippen molar-refractivity contribution >= 4 is 16.6 Å². The minimum atomic E-state index is -4.55.